The van der Waals surface area contributed by atoms with Gasteiger partial charge in [-0.1, -0.05) is 0 Å². The Morgan fingerprint density at radius 1 is 1.00 bits per heavy atom. The number of ether oxygens (including phenoxy) is 2. The van der Waals surface area contributed by atoms with Crippen molar-refractivity contribution in [2.24, 2.45) is 0 Å². The number of nitrogens with one attached hydrogen (secondary N) is 1. The molecule has 0 unspecified atom stereocenters. The second-order valence-electron chi connectivity index (χ2n) is 9.06. The first-order chi connectivity index (χ1) is 19.3. The lowest BCUT2D eigenvalue weighted by Gasteiger charge is -2.34. The second kappa shape index (κ2) is 10.7. The summed E-state index contributed by atoms with van der Waals surface area (Å²) >= 11 is 0. The third-order valence-corrected chi connectivity index (χ3v) is 6.58. The van der Waals surface area contributed by atoms with Gasteiger partial charge in [-0.05, 0) is 55.5 Å². The monoisotopic (exact) mass is 536 g/mol. The minimum absolute atomic E-state index is 0.208. The van der Waals surface area contributed by atoms with Gasteiger partial charge in [0.05, 0.1) is 44.3 Å². The molecular formula is C29H24N6O5. The molecule has 200 valence electrons. The van der Waals surface area contributed by atoms with E-state index in [0.29, 0.717) is 35.0 Å². The Labute approximate surface area is 229 Å². The smallest absolute Gasteiger partial charge is 0.279 e. The van der Waals surface area contributed by atoms with Gasteiger partial charge in [0.2, 0.25) is 5.88 Å². The van der Waals surface area contributed by atoms with E-state index in [4.69, 9.17) is 9.47 Å². The lowest BCUT2D eigenvalue weighted by Crippen LogP contribution is -2.47. The first-order valence-electron chi connectivity index (χ1n) is 12.3. The Bertz CT molecular complexity index is 1650. The number of carbonyl (C=O) groups excluding carboxylic acids is 3. The van der Waals surface area contributed by atoms with Crippen molar-refractivity contribution in [2.45, 2.75) is 19.5 Å². The van der Waals surface area contributed by atoms with Crippen LogP contribution in [0.1, 0.15) is 49.3 Å². The van der Waals surface area contributed by atoms with Gasteiger partial charge in [-0.25, -0.2) is 4.98 Å². The number of hydrogen-bond acceptors (Lipinski definition) is 8. The summed E-state index contributed by atoms with van der Waals surface area (Å²) in [5.74, 6) is -0.285. The highest BCUT2D eigenvalue weighted by molar-refractivity contribution is 6.14. The van der Waals surface area contributed by atoms with Gasteiger partial charge in [0, 0.05) is 34.6 Å². The van der Waals surface area contributed by atoms with Crippen LogP contribution < -0.4 is 19.7 Å². The molecule has 2 aromatic carbocycles. The van der Waals surface area contributed by atoms with Crippen molar-refractivity contribution in [3.8, 4) is 17.7 Å². The summed E-state index contributed by atoms with van der Waals surface area (Å²) in [6, 6.07) is 16.3. The lowest BCUT2D eigenvalue weighted by molar-refractivity contribution is 0.0947. The van der Waals surface area contributed by atoms with Crippen LogP contribution in [-0.4, -0.2) is 52.6 Å². The molecule has 0 bridgehead atoms. The number of nitrogens with zero attached hydrogens (tertiary/aromatic N) is 5. The first-order valence-corrected chi connectivity index (χ1v) is 12.3. The molecule has 0 radical (unpaired) electrons. The number of rotatable bonds is 7. The Balaban J connectivity index is 1.37. The van der Waals surface area contributed by atoms with Gasteiger partial charge in [0.25, 0.3) is 11.8 Å². The topological polar surface area (TPSA) is 139 Å². The number of benzene rings is 2. The van der Waals surface area contributed by atoms with E-state index in [0.717, 1.165) is 0 Å². The zero-order valence-electron chi connectivity index (χ0n) is 21.9. The van der Waals surface area contributed by atoms with Crippen LogP contribution in [0.15, 0.2) is 67.0 Å². The van der Waals surface area contributed by atoms with Crippen molar-refractivity contribution in [3.63, 3.8) is 0 Å². The number of nitriles is 1. The van der Waals surface area contributed by atoms with Crippen LogP contribution in [0, 0.1) is 11.3 Å². The molecule has 0 saturated heterocycles. The van der Waals surface area contributed by atoms with E-state index in [9.17, 15) is 19.6 Å². The van der Waals surface area contributed by atoms with Gasteiger partial charge >= 0.3 is 0 Å². The highest BCUT2D eigenvalue weighted by atomic mass is 16.5. The number of pyridine rings is 1. The first kappa shape index (κ1) is 26.1. The summed E-state index contributed by atoms with van der Waals surface area (Å²) in [6.07, 6.45) is 2.89. The van der Waals surface area contributed by atoms with E-state index >= 15 is 0 Å². The molecule has 1 aliphatic heterocycles. The number of hydrogen-bond donors (Lipinski definition) is 1. The van der Waals surface area contributed by atoms with Crippen LogP contribution in [0.2, 0.25) is 0 Å². The van der Waals surface area contributed by atoms with Gasteiger partial charge in [-0.15, -0.1) is 0 Å². The SMILES string of the molecule is COc1ccc(C(=O)c2ccc(N3C(=O)c4c(NC(=O)c5ccc(OC)c(C#N)c5)cnn4C[C@@H]3C)cc2)cn1. The van der Waals surface area contributed by atoms with Crippen LogP contribution in [0.3, 0.4) is 0 Å². The lowest BCUT2D eigenvalue weighted by atomic mass is 10.0. The summed E-state index contributed by atoms with van der Waals surface area (Å²) in [5.41, 5.74) is 2.39. The minimum atomic E-state index is -0.496. The van der Waals surface area contributed by atoms with E-state index in [2.05, 4.69) is 15.4 Å². The third kappa shape index (κ3) is 4.74. The summed E-state index contributed by atoms with van der Waals surface area (Å²) in [4.78, 5) is 45.2. The van der Waals surface area contributed by atoms with Crippen LogP contribution in [0.5, 0.6) is 11.6 Å². The fourth-order valence-corrected chi connectivity index (χ4v) is 4.57. The zero-order valence-corrected chi connectivity index (χ0v) is 21.9. The molecule has 0 fully saturated rings. The third-order valence-electron chi connectivity index (χ3n) is 6.58. The van der Waals surface area contributed by atoms with Crippen LogP contribution in [-0.2, 0) is 6.54 Å². The highest BCUT2D eigenvalue weighted by Gasteiger charge is 2.34. The average molecular weight is 537 g/mol. The Hall–Kier alpha value is -5.50. The fraction of sp³-hybridized carbons (Fsp3) is 0.172. The molecule has 0 saturated carbocycles. The molecule has 2 aromatic heterocycles. The van der Waals surface area contributed by atoms with Crippen molar-refractivity contribution in [3.05, 3.63) is 94.9 Å². The van der Waals surface area contributed by atoms with Crippen molar-refractivity contribution in [2.75, 3.05) is 24.4 Å². The normalized spacial score (nSPS) is 14.2. The minimum Gasteiger partial charge on any atom is -0.495 e. The number of amides is 2. The van der Waals surface area contributed by atoms with Gasteiger partial charge < -0.3 is 19.7 Å². The predicted molar refractivity (Wildman–Crippen MR) is 145 cm³/mol. The molecule has 11 nitrogen and oxygen atoms in total. The van der Waals surface area contributed by atoms with Gasteiger partial charge in [0.15, 0.2) is 5.78 Å². The molecule has 2 amide bonds. The fourth-order valence-electron chi connectivity index (χ4n) is 4.57. The number of anilines is 2. The highest BCUT2D eigenvalue weighted by Crippen LogP contribution is 2.30. The number of carbonyl (C=O) groups is 3. The van der Waals surface area contributed by atoms with E-state index < -0.39 is 5.91 Å². The molecule has 1 N–H and O–H groups in total. The number of methoxy groups -OCH3 is 2. The molecule has 40 heavy (non-hydrogen) atoms. The Kier molecular flexibility index (Phi) is 6.99. The van der Waals surface area contributed by atoms with E-state index in [-0.39, 0.29) is 40.2 Å². The maximum atomic E-state index is 13.7. The number of fused-ring (bicyclic) bond motifs is 1. The maximum absolute atomic E-state index is 13.7. The zero-order chi connectivity index (χ0) is 28.4. The van der Waals surface area contributed by atoms with Crippen LogP contribution in [0.25, 0.3) is 0 Å². The van der Waals surface area contributed by atoms with E-state index in [1.54, 1.807) is 46.0 Å². The molecule has 5 rings (SSSR count). The molecule has 4 aromatic rings. The molecule has 0 aliphatic carbocycles. The van der Waals surface area contributed by atoms with Crippen molar-refractivity contribution >= 4 is 29.0 Å². The maximum Gasteiger partial charge on any atom is 0.279 e. The molecule has 1 atom stereocenters. The van der Waals surface area contributed by atoms with Gasteiger partial charge in [0.1, 0.15) is 17.5 Å². The number of aromatic nitrogens is 3. The Morgan fingerprint density at radius 2 is 1.73 bits per heavy atom. The quantitative estimate of drug-likeness (QED) is 0.353. The summed E-state index contributed by atoms with van der Waals surface area (Å²) in [5, 5.41) is 16.4. The molecular weight excluding hydrogens is 512 g/mol. The number of ketones is 1. The van der Waals surface area contributed by atoms with E-state index in [1.165, 1.54) is 44.8 Å². The van der Waals surface area contributed by atoms with Crippen molar-refractivity contribution < 1.29 is 23.9 Å². The summed E-state index contributed by atoms with van der Waals surface area (Å²) in [6.45, 7) is 2.29. The molecule has 0 spiro atoms. The molecule has 1 aliphatic rings. The average Bonchev–Trinajstić information content (AvgIpc) is 3.38. The Morgan fingerprint density at radius 3 is 2.38 bits per heavy atom. The summed E-state index contributed by atoms with van der Waals surface area (Å²) < 4.78 is 11.7. The van der Waals surface area contributed by atoms with Gasteiger partial charge in [-0.3, -0.25) is 19.1 Å². The van der Waals surface area contributed by atoms with Crippen LogP contribution >= 0.6 is 0 Å². The van der Waals surface area contributed by atoms with E-state index in [1.807, 2.05) is 13.0 Å². The standard InChI is InChI=1S/C29H24N6O5/c1-17-16-34-26(23(15-32-34)33-28(37)19-6-10-24(39-2)21(12-19)13-30)29(38)35(17)22-8-4-18(5-9-22)27(36)20-7-11-25(40-3)31-14-20/h4-12,14-15,17H,16H2,1-3H3,(H,33,37)/t17-/m0/s1. The van der Waals surface area contributed by atoms with Crippen molar-refractivity contribution in [1.29, 1.82) is 5.26 Å². The largest absolute Gasteiger partial charge is 0.495 e. The second-order valence-corrected chi connectivity index (χ2v) is 9.06. The molecule has 3 heterocycles. The molecule has 11 heteroatoms. The predicted octanol–water partition coefficient (Wildman–Crippen LogP) is 3.70. The van der Waals surface area contributed by atoms with Crippen LogP contribution in [0.4, 0.5) is 11.4 Å². The van der Waals surface area contributed by atoms with Gasteiger partial charge in [-0.2, -0.15) is 10.4 Å². The summed E-state index contributed by atoms with van der Waals surface area (Å²) in [7, 11) is 2.94. The van der Waals surface area contributed by atoms with Crippen molar-refractivity contribution in [1.82, 2.24) is 14.8 Å².